The predicted molar refractivity (Wildman–Crippen MR) is 132 cm³/mol. The fourth-order valence-corrected chi connectivity index (χ4v) is 4.11. The van der Waals surface area contributed by atoms with Gasteiger partial charge in [-0.05, 0) is 65.9 Å². The average Bonchev–Trinajstić information content (AvgIpc) is 2.84. The molecule has 0 atom stereocenters. The second-order valence-electron chi connectivity index (χ2n) is 8.03. The van der Waals surface area contributed by atoms with Gasteiger partial charge >= 0.3 is 0 Å². The van der Waals surface area contributed by atoms with Crippen molar-refractivity contribution in [1.82, 2.24) is 0 Å². The summed E-state index contributed by atoms with van der Waals surface area (Å²) in [7, 11) is 1.55. The van der Waals surface area contributed by atoms with Crippen LogP contribution in [-0.4, -0.2) is 17.1 Å². The highest BCUT2D eigenvalue weighted by Crippen LogP contribution is 2.43. The number of methoxy groups -OCH3 is 1. The van der Waals surface area contributed by atoms with Crippen molar-refractivity contribution in [2.75, 3.05) is 7.11 Å². The summed E-state index contributed by atoms with van der Waals surface area (Å²) in [4.78, 5) is 11.9. The molecule has 4 aromatic rings. The van der Waals surface area contributed by atoms with Crippen LogP contribution in [0.5, 0.6) is 17.2 Å². The molecule has 6 nitrogen and oxygen atoms in total. The number of nitro benzene ring substituents is 1. The SMILES string of the molecule is COc1cc(-c2c(C)cc(-c3ccc(O)cc3)c(C)c2[N+](=O)[O-])ccc1OCc1ccccc1. The second-order valence-corrected chi connectivity index (χ2v) is 8.03. The van der Waals surface area contributed by atoms with Crippen LogP contribution in [0.4, 0.5) is 5.69 Å². The fraction of sp³-hybridized carbons (Fsp3) is 0.143. The van der Waals surface area contributed by atoms with Gasteiger partial charge in [-0.15, -0.1) is 0 Å². The zero-order valence-electron chi connectivity index (χ0n) is 19.2. The summed E-state index contributed by atoms with van der Waals surface area (Å²) >= 11 is 0. The molecule has 1 N–H and O–H groups in total. The maximum Gasteiger partial charge on any atom is 0.280 e. The summed E-state index contributed by atoms with van der Waals surface area (Å²) in [5.41, 5.74) is 5.16. The summed E-state index contributed by atoms with van der Waals surface area (Å²) in [6.45, 7) is 3.99. The predicted octanol–water partition coefficient (Wildman–Crippen LogP) is 6.84. The van der Waals surface area contributed by atoms with Gasteiger partial charge in [0, 0.05) is 5.56 Å². The van der Waals surface area contributed by atoms with Gasteiger partial charge in [-0.1, -0.05) is 54.6 Å². The highest BCUT2D eigenvalue weighted by molar-refractivity contribution is 5.86. The van der Waals surface area contributed by atoms with Crippen LogP contribution in [0.1, 0.15) is 16.7 Å². The van der Waals surface area contributed by atoms with E-state index in [1.54, 1.807) is 50.4 Å². The number of rotatable bonds is 7. The van der Waals surface area contributed by atoms with E-state index >= 15 is 0 Å². The molecule has 0 heterocycles. The van der Waals surface area contributed by atoms with Gasteiger partial charge < -0.3 is 14.6 Å². The van der Waals surface area contributed by atoms with E-state index in [0.29, 0.717) is 34.8 Å². The molecule has 0 unspecified atom stereocenters. The molecular weight excluding hydrogens is 430 g/mol. The molecule has 0 bridgehead atoms. The second kappa shape index (κ2) is 9.67. The van der Waals surface area contributed by atoms with Gasteiger partial charge in [0.25, 0.3) is 5.69 Å². The van der Waals surface area contributed by atoms with Crippen molar-refractivity contribution in [2.45, 2.75) is 20.5 Å². The molecule has 0 radical (unpaired) electrons. The monoisotopic (exact) mass is 455 g/mol. The molecule has 0 fully saturated rings. The van der Waals surface area contributed by atoms with Crippen molar-refractivity contribution in [3.05, 3.63) is 106 Å². The van der Waals surface area contributed by atoms with Crippen molar-refractivity contribution in [2.24, 2.45) is 0 Å². The Morgan fingerprint density at radius 3 is 2.21 bits per heavy atom. The van der Waals surface area contributed by atoms with Crippen LogP contribution in [0.15, 0.2) is 78.9 Å². The van der Waals surface area contributed by atoms with E-state index in [9.17, 15) is 15.2 Å². The Hall–Kier alpha value is -4.32. The van der Waals surface area contributed by atoms with Gasteiger partial charge in [0.2, 0.25) is 0 Å². The number of aromatic hydroxyl groups is 1. The standard InChI is InChI=1S/C28H25NO5/c1-18-15-24(21-9-12-23(30)13-10-21)19(2)28(29(31)32)27(18)22-11-14-25(26(16-22)33-3)34-17-20-7-5-4-6-8-20/h4-16,30H,17H2,1-3H3. The first-order chi connectivity index (χ1) is 16.4. The number of nitro groups is 1. The Labute approximate surface area is 198 Å². The zero-order chi connectivity index (χ0) is 24.2. The molecule has 0 aliphatic carbocycles. The topological polar surface area (TPSA) is 81.8 Å². The molecule has 34 heavy (non-hydrogen) atoms. The molecule has 0 saturated carbocycles. The minimum Gasteiger partial charge on any atom is -0.508 e. The van der Waals surface area contributed by atoms with Crippen molar-refractivity contribution in [3.63, 3.8) is 0 Å². The van der Waals surface area contributed by atoms with Crippen LogP contribution in [0.2, 0.25) is 0 Å². The highest BCUT2D eigenvalue weighted by Gasteiger charge is 2.25. The normalized spacial score (nSPS) is 10.7. The summed E-state index contributed by atoms with van der Waals surface area (Å²) in [5, 5.41) is 21.8. The van der Waals surface area contributed by atoms with Crippen molar-refractivity contribution < 1.29 is 19.5 Å². The summed E-state index contributed by atoms with van der Waals surface area (Å²) in [5.74, 6) is 1.21. The number of hydrogen-bond acceptors (Lipinski definition) is 5. The molecule has 172 valence electrons. The summed E-state index contributed by atoms with van der Waals surface area (Å²) in [6, 6.07) is 23.8. The first-order valence-electron chi connectivity index (χ1n) is 10.8. The molecule has 4 rings (SSSR count). The minimum absolute atomic E-state index is 0.0445. The number of nitrogens with zero attached hydrogens (tertiary/aromatic N) is 1. The Bertz CT molecular complexity index is 1330. The number of benzene rings is 4. The van der Waals surface area contributed by atoms with E-state index in [4.69, 9.17) is 9.47 Å². The number of aryl methyl sites for hydroxylation is 1. The minimum atomic E-state index is -0.339. The van der Waals surface area contributed by atoms with Crippen molar-refractivity contribution >= 4 is 5.69 Å². The number of hydrogen-bond donors (Lipinski definition) is 1. The third kappa shape index (κ3) is 4.57. The quantitative estimate of drug-likeness (QED) is 0.244. The van der Waals surface area contributed by atoms with E-state index in [-0.39, 0.29) is 16.4 Å². The number of ether oxygens (including phenoxy) is 2. The highest BCUT2D eigenvalue weighted by atomic mass is 16.6. The lowest BCUT2D eigenvalue weighted by Crippen LogP contribution is -2.01. The molecular formula is C28H25NO5. The first kappa shape index (κ1) is 22.9. The molecule has 0 aliphatic heterocycles. The van der Waals surface area contributed by atoms with Crippen molar-refractivity contribution in [3.8, 4) is 39.5 Å². The van der Waals surface area contributed by atoms with Crippen LogP contribution in [0.25, 0.3) is 22.3 Å². The van der Waals surface area contributed by atoms with Crippen LogP contribution >= 0.6 is 0 Å². The fourth-order valence-electron chi connectivity index (χ4n) is 4.11. The van der Waals surface area contributed by atoms with Gasteiger partial charge in [0.1, 0.15) is 12.4 Å². The van der Waals surface area contributed by atoms with E-state index < -0.39 is 0 Å². The van der Waals surface area contributed by atoms with Crippen LogP contribution in [-0.2, 0) is 6.61 Å². The van der Waals surface area contributed by atoms with E-state index in [1.165, 1.54) is 0 Å². The molecule has 0 amide bonds. The lowest BCUT2D eigenvalue weighted by molar-refractivity contribution is -0.384. The van der Waals surface area contributed by atoms with Gasteiger partial charge in [-0.3, -0.25) is 10.1 Å². The third-order valence-electron chi connectivity index (χ3n) is 5.80. The lowest BCUT2D eigenvalue weighted by Gasteiger charge is -2.16. The largest absolute Gasteiger partial charge is 0.508 e. The Kier molecular flexibility index (Phi) is 6.50. The Balaban J connectivity index is 1.76. The third-order valence-corrected chi connectivity index (χ3v) is 5.80. The zero-order valence-corrected chi connectivity index (χ0v) is 19.2. The van der Waals surface area contributed by atoms with Gasteiger partial charge in [0.05, 0.1) is 17.6 Å². The van der Waals surface area contributed by atoms with E-state index in [1.807, 2.05) is 49.4 Å². The molecule has 0 aliphatic rings. The summed E-state index contributed by atoms with van der Waals surface area (Å²) < 4.78 is 11.5. The number of phenolic OH excluding ortho intramolecular Hbond substituents is 1. The maximum atomic E-state index is 12.2. The lowest BCUT2D eigenvalue weighted by atomic mass is 9.89. The molecule has 6 heteroatoms. The number of phenols is 1. The Morgan fingerprint density at radius 1 is 0.882 bits per heavy atom. The van der Waals surface area contributed by atoms with Crippen LogP contribution in [0, 0.1) is 24.0 Å². The molecule has 0 spiro atoms. The van der Waals surface area contributed by atoms with E-state index in [2.05, 4.69) is 0 Å². The molecule has 0 saturated heterocycles. The van der Waals surface area contributed by atoms with Gasteiger partial charge in [0.15, 0.2) is 11.5 Å². The molecule has 0 aromatic heterocycles. The van der Waals surface area contributed by atoms with Crippen LogP contribution < -0.4 is 9.47 Å². The summed E-state index contributed by atoms with van der Waals surface area (Å²) in [6.07, 6.45) is 0. The Morgan fingerprint density at radius 2 is 1.56 bits per heavy atom. The van der Waals surface area contributed by atoms with Crippen molar-refractivity contribution in [1.29, 1.82) is 0 Å². The first-order valence-corrected chi connectivity index (χ1v) is 10.8. The van der Waals surface area contributed by atoms with Gasteiger partial charge in [-0.25, -0.2) is 0 Å². The van der Waals surface area contributed by atoms with Gasteiger partial charge in [-0.2, -0.15) is 0 Å². The van der Waals surface area contributed by atoms with Crippen LogP contribution in [0.3, 0.4) is 0 Å². The maximum absolute atomic E-state index is 12.2. The molecule has 4 aromatic carbocycles. The van der Waals surface area contributed by atoms with E-state index in [0.717, 1.165) is 22.3 Å². The average molecular weight is 456 g/mol. The smallest absolute Gasteiger partial charge is 0.280 e.